The molecule has 0 amide bonds. The highest BCUT2D eigenvalue weighted by molar-refractivity contribution is 5.76. The molecule has 1 aliphatic rings. The van der Waals surface area contributed by atoms with E-state index in [9.17, 15) is 4.79 Å². The van der Waals surface area contributed by atoms with Crippen LogP contribution in [0, 0.1) is 5.92 Å². The van der Waals surface area contributed by atoms with Crippen LogP contribution in [0.5, 0.6) is 5.75 Å². The number of aryl methyl sites for hydroxylation is 1. The van der Waals surface area contributed by atoms with Gasteiger partial charge in [0.1, 0.15) is 11.4 Å². The molecule has 1 atom stereocenters. The smallest absolute Gasteiger partial charge is 0.310 e. The molecule has 2 heterocycles. The summed E-state index contributed by atoms with van der Waals surface area (Å²) in [5.41, 5.74) is 2.82. The fourth-order valence-corrected chi connectivity index (χ4v) is 3.38. The molecule has 3 rings (SSSR count). The number of unbranched alkanes of at least 4 members (excludes halogenated alkanes) is 1. The van der Waals surface area contributed by atoms with Crippen LogP contribution >= 0.6 is 0 Å². The second-order valence-corrected chi connectivity index (χ2v) is 6.82. The standard InChI is InChI=1S/C21H27N3O3/c1-4-5-6-17-13-22-19(15-7-9-18(26-2)10-8-15)20(23-17)24-12-11-16(14-24)21(25)27-3/h7-10,13,16H,4-6,11-12,14H2,1-3H3. The normalized spacial score (nSPS) is 16.4. The number of ether oxygens (including phenoxy) is 2. The van der Waals surface area contributed by atoms with Gasteiger partial charge in [-0.3, -0.25) is 9.78 Å². The SMILES string of the molecule is CCCCc1cnc(-c2ccc(OC)cc2)c(N2CCC(C(=O)OC)C2)n1. The molecule has 1 aromatic heterocycles. The van der Waals surface area contributed by atoms with Crippen LogP contribution in [0.1, 0.15) is 31.9 Å². The maximum Gasteiger partial charge on any atom is 0.310 e. The number of rotatable bonds is 7. The van der Waals surface area contributed by atoms with Gasteiger partial charge >= 0.3 is 5.97 Å². The largest absolute Gasteiger partial charge is 0.497 e. The molecule has 0 saturated carbocycles. The number of esters is 1. The number of aromatic nitrogens is 2. The summed E-state index contributed by atoms with van der Waals surface area (Å²) in [6.07, 6.45) is 5.75. The van der Waals surface area contributed by atoms with Crippen molar-refractivity contribution >= 4 is 11.8 Å². The molecule has 1 aromatic carbocycles. The second-order valence-electron chi connectivity index (χ2n) is 6.82. The first-order valence-corrected chi connectivity index (χ1v) is 9.49. The predicted molar refractivity (Wildman–Crippen MR) is 105 cm³/mol. The quantitative estimate of drug-likeness (QED) is 0.696. The molecule has 0 aliphatic carbocycles. The summed E-state index contributed by atoms with van der Waals surface area (Å²) >= 11 is 0. The average molecular weight is 369 g/mol. The van der Waals surface area contributed by atoms with Crippen molar-refractivity contribution in [3.05, 3.63) is 36.2 Å². The van der Waals surface area contributed by atoms with Gasteiger partial charge in [0.2, 0.25) is 0 Å². The second kappa shape index (κ2) is 8.84. The van der Waals surface area contributed by atoms with Crippen LogP contribution in [0.2, 0.25) is 0 Å². The summed E-state index contributed by atoms with van der Waals surface area (Å²) in [7, 11) is 3.10. The molecule has 0 spiro atoms. The number of hydrogen-bond acceptors (Lipinski definition) is 6. The topological polar surface area (TPSA) is 64.5 Å². The molecular weight excluding hydrogens is 342 g/mol. The van der Waals surface area contributed by atoms with E-state index in [1.165, 1.54) is 7.11 Å². The van der Waals surface area contributed by atoms with Gasteiger partial charge in [-0.25, -0.2) is 4.98 Å². The molecule has 144 valence electrons. The lowest BCUT2D eigenvalue weighted by atomic mass is 10.1. The van der Waals surface area contributed by atoms with Crippen LogP contribution < -0.4 is 9.64 Å². The van der Waals surface area contributed by atoms with E-state index in [0.717, 1.165) is 60.7 Å². The Hall–Kier alpha value is -2.63. The third kappa shape index (κ3) is 4.38. The van der Waals surface area contributed by atoms with Crippen LogP contribution in [0.15, 0.2) is 30.5 Å². The number of anilines is 1. The fraction of sp³-hybridized carbons (Fsp3) is 0.476. The van der Waals surface area contributed by atoms with E-state index < -0.39 is 0 Å². The molecule has 2 aromatic rings. The summed E-state index contributed by atoms with van der Waals surface area (Å²) in [4.78, 5) is 23.7. The Morgan fingerprint density at radius 2 is 2.04 bits per heavy atom. The Labute approximate surface area is 160 Å². The van der Waals surface area contributed by atoms with Crippen molar-refractivity contribution in [2.45, 2.75) is 32.6 Å². The van der Waals surface area contributed by atoms with Gasteiger partial charge in [-0.2, -0.15) is 0 Å². The zero-order chi connectivity index (χ0) is 19.2. The lowest BCUT2D eigenvalue weighted by molar-refractivity contribution is -0.144. The number of nitrogens with zero attached hydrogens (tertiary/aromatic N) is 3. The molecule has 1 unspecified atom stereocenters. The van der Waals surface area contributed by atoms with E-state index in [0.29, 0.717) is 6.54 Å². The molecule has 0 bridgehead atoms. The Bertz CT molecular complexity index is 777. The first-order valence-electron chi connectivity index (χ1n) is 9.49. The minimum absolute atomic E-state index is 0.111. The van der Waals surface area contributed by atoms with Gasteiger partial charge in [0.15, 0.2) is 5.82 Å². The molecule has 1 saturated heterocycles. The van der Waals surface area contributed by atoms with Gasteiger partial charge < -0.3 is 14.4 Å². The van der Waals surface area contributed by atoms with E-state index >= 15 is 0 Å². The Kier molecular flexibility index (Phi) is 6.27. The molecule has 0 radical (unpaired) electrons. The first kappa shape index (κ1) is 19.1. The van der Waals surface area contributed by atoms with Gasteiger partial charge in [0.25, 0.3) is 0 Å². The highest BCUT2D eigenvalue weighted by Crippen LogP contribution is 2.32. The maximum atomic E-state index is 11.9. The predicted octanol–water partition coefficient (Wildman–Crippen LogP) is 3.49. The summed E-state index contributed by atoms with van der Waals surface area (Å²) in [6.45, 7) is 3.55. The van der Waals surface area contributed by atoms with Crippen molar-refractivity contribution in [2.24, 2.45) is 5.92 Å². The van der Waals surface area contributed by atoms with Crippen molar-refractivity contribution < 1.29 is 14.3 Å². The fourth-order valence-electron chi connectivity index (χ4n) is 3.38. The molecule has 6 nitrogen and oxygen atoms in total. The average Bonchev–Trinajstić information content (AvgIpc) is 3.21. The molecule has 6 heteroatoms. The molecular formula is C21H27N3O3. The zero-order valence-electron chi connectivity index (χ0n) is 16.3. The summed E-state index contributed by atoms with van der Waals surface area (Å²) in [5, 5.41) is 0. The third-order valence-electron chi connectivity index (χ3n) is 4.98. The van der Waals surface area contributed by atoms with E-state index in [4.69, 9.17) is 19.4 Å². The lowest BCUT2D eigenvalue weighted by Crippen LogP contribution is -2.25. The van der Waals surface area contributed by atoms with Crippen molar-refractivity contribution in [3.8, 4) is 17.0 Å². The maximum absolute atomic E-state index is 11.9. The highest BCUT2D eigenvalue weighted by atomic mass is 16.5. The molecule has 1 aliphatic heterocycles. The first-order chi connectivity index (χ1) is 13.2. The van der Waals surface area contributed by atoms with Crippen molar-refractivity contribution in [2.75, 3.05) is 32.2 Å². The van der Waals surface area contributed by atoms with Crippen LogP contribution in [0.3, 0.4) is 0 Å². The summed E-state index contributed by atoms with van der Waals surface area (Å²) in [5.74, 6) is 1.39. The minimum atomic E-state index is -0.154. The Morgan fingerprint density at radius 3 is 2.70 bits per heavy atom. The van der Waals surface area contributed by atoms with Crippen molar-refractivity contribution in [1.29, 1.82) is 0 Å². The van der Waals surface area contributed by atoms with E-state index in [-0.39, 0.29) is 11.9 Å². The van der Waals surface area contributed by atoms with Crippen molar-refractivity contribution in [1.82, 2.24) is 9.97 Å². The number of carbonyl (C=O) groups is 1. The van der Waals surface area contributed by atoms with E-state index in [1.54, 1.807) is 7.11 Å². The number of hydrogen-bond donors (Lipinski definition) is 0. The zero-order valence-corrected chi connectivity index (χ0v) is 16.3. The van der Waals surface area contributed by atoms with Crippen LogP contribution in [-0.4, -0.2) is 43.2 Å². The molecule has 1 fully saturated rings. The monoisotopic (exact) mass is 369 g/mol. The Balaban J connectivity index is 1.93. The van der Waals surface area contributed by atoms with E-state index in [2.05, 4.69) is 11.8 Å². The van der Waals surface area contributed by atoms with Crippen LogP contribution in [0.25, 0.3) is 11.3 Å². The van der Waals surface area contributed by atoms with Gasteiger partial charge in [-0.05, 0) is 43.5 Å². The lowest BCUT2D eigenvalue weighted by Gasteiger charge is -2.21. The number of benzene rings is 1. The highest BCUT2D eigenvalue weighted by Gasteiger charge is 2.31. The van der Waals surface area contributed by atoms with Gasteiger partial charge in [-0.15, -0.1) is 0 Å². The number of methoxy groups -OCH3 is 2. The van der Waals surface area contributed by atoms with E-state index in [1.807, 2.05) is 30.5 Å². The van der Waals surface area contributed by atoms with Crippen molar-refractivity contribution in [3.63, 3.8) is 0 Å². The molecule has 0 N–H and O–H groups in total. The summed E-state index contributed by atoms with van der Waals surface area (Å²) < 4.78 is 10.2. The van der Waals surface area contributed by atoms with Gasteiger partial charge in [0, 0.05) is 24.8 Å². The Morgan fingerprint density at radius 1 is 1.26 bits per heavy atom. The molecule has 27 heavy (non-hydrogen) atoms. The van der Waals surface area contributed by atoms with Gasteiger partial charge in [-0.1, -0.05) is 13.3 Å². The van der Waals surface area contributed by atoms with Crippen LogP contribution in [0.4, 0.5) is 5.82 Å². The summed E-state index contributed by atoms with van der Waals surface area (Å²) in [6, 6.07) is 7.83. The van der Waals surface area contributed by atoms with Crippen LogP contribution in [-0.2, 0) is 16.0 Å². The minimum Gasteiger partial charge on any atom is -0.497 e. The van der Waals surface area contributed by atoms with Gasteiger partial charge in [0.05, 0.1) is 25.8 Å². The number of carbonyl (C=O) groups excluding carboxylic acids is 1. The third-order valence-corrected chi connectivity index (χ3v) is 4.98.